The Balaban J connectivity index is 1.92. The molecule has 0 fully saturated rings. The molecule has 1 N–H and O–H groups in total. The summed E-state index contributed by atoms with van der Waals surface area (Å²) in [6, 6.07) is 5.67. The molecule has 0 amide bonds. The van der Waals surface area contributed by atoms with Gasteiger partial charge < -0.3 is 5.32 Å². The normalized spacial score (nSPS) is 24.2. The molecule has 0 unspecified atom stereocenters. The maximum absolute atomic E-state index is 11.6. The third-order valence-electron chi connectivity index (χ3n) is 5.39. The van der Waals surface area contributed by atoms with Gasteiger partial charge in [-0.2, -0.15) is 0 Å². The predicted molar refractivity (Wildman–Crippen MR) is 93.2 cm³/mol. The number of anilines is 1. The number of nitro groups is 1. The summed E-state index contributed by atoms with van der Waals surface area (Å²) in [4.78, 5) is 15.6. The van der Waals surface area contributed by atoms with E-state index in [-0.39, 0.29) is 22.6 Å². The van der Waals surface area contributed by atoms with Crippen LogP contribution in [0.5, 0.6) is 0 Å². The van der Waals surface area contributed by atoms with E-state index in [1.54, 1.807) is 12.3 Å². The zero-order valence-electron chi connectivity index (χ0n) is 13.7. The van der Waals surface area contributed by atoms with Gasteiger partial charge >= 0.3 is 0 Å². The maximum atomic E-state index is 11.6. The van der Waals surface area contributed by atoms with Crippen molar-refractivity contribution in [2.24, 2.45) is 5.92 Å². The molecule has 0 radical (unpaired) electrons. The highest BCUT2D eigenvalue weighted by Gasteiger charge is 2.41. The van der Waals surface area contributed by atoms with Gasteiger partial charge in [-0.05, 0) is 54.5 Å². The van der Waals surface area contributed by atoms with Gasteiger partial charge in [-0.15, -0.1) is 0 Å². The average Bonchev–Trinajstić information content (AvgIpc) is 3.07. The molecule has 2 aromatic rings. The summed E-state index contributed by atoms with van der Waals surface area (Å²) in [6.45, 7) is 4.01. The molecule has 1 aromatic carbocycles. The van der Waals surface area contributed by atoms with Crippen LogP contribution in [0.3, 0.4) is 0 Å². The Bertz CT molecular complexity index is 845. The Hall–Kier alpha value is -2.69. The van der Waals surface area contributed by atoms with E-state index >= 15 is 0 Å². The van der Waals surface area contributed by atoms with Gasteiger partial charge in [0.25, 0.3) is 5.69 Å². The number of nitro benzene ring substituents is 1. The Morgan fingerprint density at radius 3 is 2.92 bits per heavy atom. The number of rotatable bonds is 2. The lowest BCUT2D eigenvalue weighted by Crippen LogP contribution is -2.30. The third kappa shape index (κ3) is 2.12. The molecule has 3 atom stereocenters. The van der Waals surface area contributed by atoms with E-state index in [9.17, 15) is 10.1 Å². The van der Waals surface area contributed by atoms with Crippen LogP contribution >= 0.6 is 0 Å². The number of aromatic nitrogens is 1. The van der Waals surface area contributed by atoms with E-state index in [4.69, 9.17) is 0 Å². The number of fused-ring (bicyclic) bond motifs is 3. The lowest BCUT2D eigenvalue weighted by Gasteiger charge is -2.38. The highest BCUT2D eigenvalue weighted by Crippen LogP contribution is 2.53. The summed E-state index contributed by atoms with van der Waals surface area (Å²) in [6.07, 6.45) is 8.98. The van der Waals surface area contributed by atoms with Crippen molar-refractivity contribution in [3.8, 4) is 0 Å². The Morgan fingerprint density at radius 1 is 1.38 bits per heavy atom. The number of benzene rings is 1. The van der Waals surface area contributed by atoms with Gasteiger partial charge in [0.2, 0.25) is 0 Å². The quantitative estimate of drug-likeness (QED) is 0.504. The number of nitrogens with zero attached hydrogens (tertiary/aromatic N) is 2. The van der Waals surface area contributed by atoms with Crippen LogP contribution in [0.2, 0.25) is 0 Å². The first-order chi connectivity index (χ1) is 11.6. The molecule has 0 saturated carbocycles. The van der Waals surface area contributed by atoms with Gasteiger partial charge in [-0.25, -0.2) is 0 Å². The van der Waals surface area contributed by atoms with Crippen LogP contribution in [-0.2, 0) is 0 Å². The minimum Gasteiger partial charge on any atom is -0.372 e. The predicted octanol–water partition coefficient (Wildman–Crippen LogP) is 4.43. The zero-order chi connectivity index (χ0) is 16.8. The van der Waals surface area contributed by atoms with E-state index in [0.29, 0.717) is 11.6 Å². The Kier molecular flexibility index (Phi) is 3.37. The van der Waals surface area contributed by atoms with Gasteiger partial charge in [0.1, 0.15) is 5.69 Å². The van der Waals surface area contributed by atoms with E-state index in [2.05, 4.69) is 29.4 Å². The lowest BCUT2D eigenvalue weighted by atomic mass is 9.75. The Labute approximate surface area is 140 Å². The van der Waals surface area contributed by atoms with Crippen molar-refractivity contribution in [3.05, 3.63) is 75.1 Å². The van der Waals surface area contributed by atoms with Crippen molar-refractivity contribution in [2.75, 3.05) is 5.32 Å². The summed E-state index contributed by atoms with van der Waals surface area (Å²) >= 11 is 0. The Morgan fingerprint density at radius 2 is 2.21 bits per heavy atom. The van der Waals surface area contributed by atoms with E-state index in [0.717, 1.165) is 28.7 Å². The molecule has 0 bridgehead atoms. The van der Waals surface area contributed by atoms with Crippen LogP contribution in [-0.4, -0.2) is 9.91 Å². The van der Waals surface area contributed by atoms with Gasteiger partial charge in [-0.3, -0.25) is 15.1 Å². The van der Waals surface area contributed by atoms with E-state index < -0.39 is 0 Å². The van der Waals surface area contributed by atoms with Crippen molar-refractivity contribution in [3.63, 3.8) is 0 Å². The molecule has 0 saturated heterocycles. The van der Waals surface area contributed by atoms with Gasteiger partial charge in [0.05, 0.1) is 11.0 Å². The number of aryl methyl sites for hydroxylation is 1. The number of pyridine rings is 1. The third-order valence-corrected chi connectivity index (χ3v) is 5.39. The molecule has 5 nitrogen and oxygen atoms in total. The number of hydrogen-bond acceptors (Lipinski definition) is 4. The van der Waals surface area contributed by atoms with Crippen molar-refractivity contribution in [1.82, 2.24) is 4.98 Å². The molecule has 0 spiro atoms. The molecule has 122 valence electrons. The summed E-state index contributed by atoms with van der Waals surface area (Å²) < 4.78 is 0. The van der Waals surface area contributed by atoms with Crippen LogP contribution in [0.25, 0.3) is 0 Å². The summed E-state index contributed by atoms with van der Waals surface area (Å²) in [5.74, 6) is 0.576. The minimum absolute atomic E-state index is 0.0343. The SMILES string of the molecule is Cc1cc([N+](=O)[O-])c2c(c1C)[C@@H]1C=CC[C@H]1[C@@H](c1cccnc1)N2. The largest absolute Gasteiger partial charge is 0.372 e. The maximum Gasteiger partial charge on any atom is 0.292 e. The van der Waals surface area contributed by atoms with Crippen LogP contribution in [0.1, 0.15) is 40.6 Å². The monoisotopic (exact) mass is 321 g/mol. The lowest BCUT2D eigenvalue weighted by molar-refractivity contribution is -0.384. The van der Waals surface area contributed by atoms with Crippen LogP contribution in [0.4, 0.5) is 11.4 Å². The second-order valence-corrected chi connectivity index (χ2v) is 6.65. The molecule has 1 aliphatic carbocycles. The smallest absolute Gasteiger partial charge is 0.292 e. The van der Waals surface area contributed by atoms with Crippen molar-refractivity contribution in [1.29, 1.82) is 0 Å². The van der Waals surface area contributed by atoms with Crippen LogP contribution in [0, 0.1) is 29.9 Å². The molecule has 5 heteroatoms. The first kappa shape index (κ1) is 14.9. The van der Waals surface area contributed by atoms with Crippen molar-refractivity contribution < 1.29 is 4.92 Å². The van der Waals surface area contributed by atoms with E-state index in [1.807, 2.05) is 25.3 Å². The fraction of sp³-hybridized carbons (Fsp3) is 0.316. The number of hydrogen-bond donors (Lipinski definition) is 1. The molecule has 1 aromatic heterocycles. The zero-order valence-corrected chi connectivity index (χ0v) is 13.7. The van der Waals surface area contributed by atoms with Crippen LogP contribution < -0.4 is 5.32 Å². The summed E-state index contributed by atoms with van der Waals surface area (Å²) in [5.41, 5.74) is 5.12. The molecular formula is C19H19N3O2. The van der Waals surface area contributed by atoms with Crippen molar-refractivity contribution >= 4 is 11.4 Å². The molecule has 2 heterocycles. The minimum atomic E-state index is -0.280. The molecule has 1 aliphatic heterocycles. The fourth-order valence-electron chi connectivity index (χ4n) is 4.11. The summed E-state index contributed by atoms with van der Waals surface area (Å²) in [7, 11) is 0. The number of allylic oxidation sites excluding steroid dienone is 2. The topological polar surface area (TPSA) is 68.1 Å². The molecular weight excluding hydrogens is 302 g/mol. The highest BCUT2D eigenvalue weighted by atomic mass is 16.6. The van der Waals surface area contributed by atoms with E-state index in [1.165, 1.54) is 0 Å². The second-order valence-electron chi connectivity index (χ2n) is 6.65. The standard InChI is InChI=1S/C19H19N3O2/c1-11-9-16(22(23)24)19-17(12(11)2)14-6-3-7-15(14)18(21-19)13-5-4-8-20-10-13/h3-6,8-10,14-15,18,21H,7H2,1-2H3/t14-,15-,18-/m1/s1. The average molecular weight is 321 g/mol. The fourth-order valence-corrected chi connectivity index (χ4v) is 4.11. The molecule has 4 rings (SSSR count). The molecule has 24 heavy (non-hydrogen) atoms. The molecule has 2 aliphatic rings. The van der Waals surface area contributed by atoms with Gasteiger partial charge in [0, 0.05) is 24.4 Å². The van der Waals surface area contributed by atoms with Gasteiger partial charge in [0.15, 0.2) is 0 Å². The van der Waals surface area contributed by atoms with Gasteiger partial charge in [-0.1, -0.05) is 18.2 Å². The first-order valence-electron chi connectivity index (χ1n) is 8.19. The summed E-state index contributed by atoms with van der Waals surface area (Å²) in [5, 5.41) is 15.1. The van der Waals surface area contributed by atoms with Crippen molar-refractivity contribution in [2.45, 2.75) is 32.2 Å². The first-order valence-corrected chi connectivity index (χ1v) is 8.19. The number of nitrogens with one attached hydrogen (secondary N) is 1. The highest BCUT2D eigenvalue weighted by molar-refractivity contribution is 5.74. The van der Waals surface area contributed by atoms with Crippen LogP contribution in [0.15, 0.2) is 42.7 Å². The second kappa shape index (κ2) is 5.44.